The third kappa shape index (κ3) is 7.49. The van der Waals surface area contributed by atoms with E-state index in [9.17, 15) is 19.5 Å². The van der Waals surface area contributed by atoms with Gasteiger partial charge in [-0.15, -0.1) is 0 Å². The number of alkyl carbamates (subject to hydrolysis) is 1. The maximum absolute atomic E-state index is 12.6. The maximum atomic E-state index is 12.6. The molecule has 0 spiro atoms. The van der Waals surface area contributed by atoms with Gasteiger partial charge >= 0.3 is 6.09 Å². The molecule has 3 atom stereocenters. The number of carbonyl (C=O) groups excluding carboxylic acids is 3. The van der Waals surface area contributed by atoms with Crippen molar-refractivity contribution < 1.29 is 24.2 Å². The molecular formula is C21H24BrN3O5. The van der Waals surface area contributed by atoms with E-state index in [0.29, 0.717) is 0 Å². The Hall–Kier alpha value is -2.91. The average Bonchev–Trinajstić information content (AvgIpc) is 2.70. The summed E-state index contributed by atoms with van der Waals surface area (Å²) in [6, 6.07) is 13.9. The fourth-order valence-electron chi connectivity index (χ4n) is 2.68. The quantitative estimate of drug-likeness (QED) is 0.435. The van der Waals surface area contributed by atoms with Gasteiger partial charge in [-0.05, 0) is 30.2 Å². The van der Waals surface area contributed by atoms with Gasteiger partial charge in [0.25, 0.3) is 0 Å². The molecule has 2 aromatic carbocycles. The van der Waals surface area contributed by atoms with Crippen molar-refractivity contribution in [2.75, 3.05) is 0 Å². The zero-order valence-electron chi connectivity index (χ0n) is 16.4. The highest BCUT2D eigenvalue weighted by atomic mass is 79.9. The Morgan fingerprint density at radius 1 is 1.07 bits per heavy atom. The highest BCUT2D eigenvalue weighted by Gasteiger charge is 2.29. The summed E-state index contributed by atoms with van der Waals surface area (Å²) in [5.41, 5.74) is 6.97. The Kier molecular flexibility index (Phi) is 8.82. The minimum atomic E-state index is -1.32. The third-order valence-corrected chi connectivity index (χ3v) is 4.73. The van der Waals surface area contributed by atoms with E-state index in [1.165, 1.54) is 6.92 Å². The maximum Gasteiger partial charge on any atom is 0.408 e. The fourth-order valence-corrected chi connectivity index (χ4v) is 3.13. The summed E-state index contributed by atoms with van der Waals surface area (Å²) in [6.07, 6.45) is -1.94. The van der Waals surface area contributed by atoms with Crippen molar-refractivity contribution in [3.8, 4) is 0 Å². The van der Waals surface area contributed by atoms with Gasteiger partial charge in [0, 0.05) is 10.9 Å². The van der Waals surface area contributed by atoms with E-state index >= 15 is 0 Å². The van der Waals surface area contributed by atoms with Crippen LogP contribution in [0.25, 0.3) is 0 Å². The first-order chi connectivity index (χ1) is 14.3. The minimum absolute atomic E-state index is 0.00756. The number of nitrogens with one attached hydrogen (secondary N) is 2. The first-order valence-corrected chi connectivity index (χ1v) is 10.0. The van der Waals surface area contributed by atoms with Gasteiger partial charge in [-0.3, -0.25) is 9.59 Å². The molecule has 30 heavy (non-hydrogen) atoms. The number of amides is 3. The predicted molar refractivity (Wildman–Crippen MR) is 114 cm³/mol. The monoisotopic (exact) mass is 477 g/mol. The van der Waals surface area contributed by atoms with Gasteiger partial charge in [0.2, 0.25) is 11.8 Å². The standard InChI is InChI=1S/C21H24BrN3O5/c1-13(26)18(25-21(29)30-12-14-6-3-2-4-7-14)20(28)24-17(19(23)27)11-15-8-5-9-16(22)10-15/h2-10,13,17-18,26H,11-12H2,1H3,(H2,23,27)(H,24,28)(H,25,29)/t13-,17-,18+/m1/s1. The van der Waals surface area contributed by atoms with Crippen LogP contribution >= 0.6 is 15.9 Å². The van der Waals surface area contributed by atoms with Gasteiger partial charge in [0.15, 0.2) is 0 Å². The van der Waals surface area contributed by atoms with Crippen LogP contribution in [0, 0.1) is 0 Å². The van der Waals surface area contributed by atoms with Gasteiger partial charge in [0.1, 0.15) is 18.7 Å². The molecule has 8 nitrogen and oxygen atoms in total. The number of ether oxygens (including phenoxy) is 1. The number of benzene rings is 2. The summed E-state index contributed by atoms with van der Waals surface area (Å²) in [7, 11) is 0. The lowest BCUT2D eigenvalue weighted by atomic mass is 10.0. The molecule has 0 saturated carbocycles. The second kappa shape index (κ2) is 11.3. The average molecular weight is 478 g/mol. The summed E-state index contributed by atoms with van der Waals surface area (Å²) in [4.78, 5) is 36.5. The van der Waals surface area contributed by atoms with Crippen LogP contribution in [0.5, 0.6) is 0 Å². The lowest BCUT2D eigenvalue weighted by Crippen LogP contribution is -2.57. The van der Waals surface area contributed by atoms with Crippen LogP contribution in [-0.4, -0.2) is 41.2 Å². The Labute approximate surface area is 182 Å². The number of primary amides is 1. The summed E-state index contributed by atoms with van der Waals surface area (Å²) in [5.74, 6) is -1.49. The van der Waals surface area contributed by atoms with Crippen LogP contribution in [0.2, 0.25) is 0 Å². The summed E-state index contributed by atoms with van der Waals surface area (Å²) in [6.45, 7) is 1.35. The van der Waals surface area contributed by atoms with Crippen molar-refractivity contribution in [3.05, 3.63) is 70.2 Å². The highest BCUT2D eigenvalue weighted by molar-refractivity contribution is 9.10. The lowest BCUT2D eigenvalue weighted by molar-refractivity contribution is -0.130. The normalized spacial score (nSPS) is 13.6. The first-order valence-electron chi connectivity index (χ1n) is 9.25. The smallest absolute Gasteiger partial charge is 0.408 e. The molecule has 0 aliphatic heterocycles. The van der Waals surface area contributed by atoms with Gasteiger partial charge in [0.05, 0.1) is 6.10 Å². The lowest BCUT2D eigenvalue weighted by Gasteiger charge is -2.23. The molecule has 0 heterocycles. The topological polar surface area (TPSA) is 131 Å². The molecule has 3 amide bonds. The van der Waals surface area contributed by atoms with Crippen molar-refractivity contribution >= 4 is 33.8 Å². The molecule has 0 aromatic heterocycles. The number of nitrogens with two attached hydrogens (primary N) is 1. The first kappa shape index (κ1) is 23.4. The van der Waals surface area contributed by atoms with E-state index in [1.54, 1.807) is 42.5 Å². The van der Waals surface area contributed by atoms with Gasteiger partial charge in [-0.25, -0.2) is 4.79 Å². The number of carbonyl (C=O) groups is 3. The molecule has 160 valence electrons. The van der Waals surface area contributed by atoms with Crippen LogP contribution in [-0.2, 0) is 27.4 Å². The highest BCUT2D eigenvalue weighted by Crippen LogP contribution is 2.13. The summed E-state index contributed by atoms with van der Waals surface area (Å²) < 4.78 is 5.90. The van der Waals surface area contributed by atoms with E-state index in [-0.39, 0.29) is 13.0 Å². The zero-order chi connectivity index (χ0) is 22.1. The molecule has 0 saturated heterocycles. The number of aliphatic hydroxyl groups excluding tert-OH is 1. The molecule has 9 heteroatoms. The molecular weight excluding hydrogens is 454 g/mol. The number of rotatable bonds is 9. The van der Waals surface area contributed by atoms with E-state index < -0.39 is 36.1 Å². The van der Waals surface area contributed by atoms with E-state index in [4.69, 9.17) is 10.5 Å². The summed E-state index contributed by atoms with van der Waals surface area (Å²) >= 11 is 3.34. The van der Waals surface area contributed by atoms with Crippen LogP contribution in [0.1, 0.15) is 18.1 Å². The molecule has 5 N–H and O–H groups in total. The molecule has 2 rings (SSSR count). The predicted octanol–water partition coefficient (Wildman–Crippen LogP) is 1.64. The van der Waals surface area contributed by atoms with Crippen LogP contribution in [0.15, 0.2) is 59.1 Å². The molecule has 0 unspecified atom stereocenters. The SMILES string of the molecule is C[C@@H](O)[C@H](NC(=O)OCc1ccccc1)C(=O)N[C@H](Cc1cccc(Br)c1)C(N)=O. The van der Waals surface area contributed by atoms with E-state index in [1.807, 2.05) is 12.1 Å². The number of halogens is 1. The van der Waals surface area contributed by atoms with Crippen molar-refractivity contribution in [1.82, 2.24) is 10.6 Å². The third-order valence-electron chi connectivity index (χ3n) is 4.24. The second-order valence-corrected chi connectivity index (χ2v) is 7.64. The molecule has 0 bridgehead atoms. The molecule has 0 aliphatic rings. The minimum Gasteiger partial charge on any atom is -0.445 e. The molecule has 2 aromatic rings. The number of hydrogen-bond donors (Lipinski definition) is 4. The van der Waals surface area contributed by atoms with Crippen LogP contribution < -0.4 is 16.4 Å². The van der Waals surface area contributed by atoms with E-state index in [2.05, 4.69) is 26.6 Å². The number of aliphatic hydroxyl groups is 1. The molecule has 0 aliphatic carbocycles. The summed E-state index contributed by atoms with van der Waals surface area (Å²) in [5, 5.41) is 14.7. The van der Waals surface area contributed by atoms with Crippen molar-refractivity contribution in [2.45, 2.75) is 38.1 Å². The Balaban J connectivity index is 1.98. The molecule has 0 fully saturated rings. The van der Waals surface area contributed by atoms with Crippen LogP contribution in [0.4, 0.5) is 4.79 Å². The Morgan fingerprint density at radius 2 is 1.73 bits per heavy atom. The fraction of sp³-hybridized carbons (Fsp3) is 0.286. The second-order valence-electron chi connectivity index (χ2n) is 6.72. The number of hydrogen-bond acceptors (Lipinski definition) is 5. The Morgan fingerprint density at radius 3 is 2.33 bits per heavy atom. The largest absolute Gasteiger partial charge is 0.445 e. The van der Waals surface area contributed by atoms with Crippen LogP contribution in [0.3, 0.4) is 0 Å². The van der Waals surface area contributed by atoms with Gasteiger partial charge in [-0.2, -0.15) is 0 Å². The van der Waals surface area contributed by atoms with Gasteiger partial charge < -0.3 is 26.2 Å². The zero-order valence-corrected chi connectivity index (χ0v) is 18.0. The van der Waals surface area contributed by atoms with Crippen molar-refractivity contribution in [3.63, 3.8) is 0 Å². The van der Waals surface area contributed by atoms with Gasteiger partial charge in [-0.1, -0.05) is 58.4 Å². The van der Waals surface area contributed by atoms with Crippen molar-refractivity contribution in [1.29, 1.82) is 0 Å². The van der Waals surface area contributed by atoms with E-state index in [0.717, 1.165) is 15.6 Å². The Bertz CT molecular complexity index is 876. The van der Waals surface area contributed by atoms with Crippen molar-refractivity contribution in [2.24, 2.45) is 5.73 Å². The molecule has 0 radical (unpaired) electrons.